The Hall–Kier alpha value is -7.67. The van der Waals surface area contributed by atoms with E-state index in [1.54, 1.807) is 0 Å². The lowest BCUT2D eigenvalue weighted by atomic mass is 9.77. The Morgan fingerprint density at radius 2 is 1.17 bits per heavy atom. The van der Waals surface area contributed by atoms with Gasteiger partial charge >= 0.3 is 0 Å². The molecule has 0 unspecified atom stereocenters. The molecule has 11 aromatic rings. The van der Waals surface area contributed by atoms with E-state index in [1.807, 2.05) is 48.7 Å². The highest BCUT2D eigenvalue weighted by atomic mass is 32.1. The predicted molar refractivity (Wildman–Crippen MR) is 321 cm³/mol. The fourth-order valence-electron chi connectivity index (χ4n) is 11.1. The van der Waals surface area contributed by atoms with Crippen molar-refractivity contribution >= 4 is 76.1 Å². The number of pyridine rings is 1. The van der Waals surface area contributed by atoms with Crippen molar-refractivity contribution < 1.29 is 11.6 Å². The summed E-state index contributed by atoms with van der Waals surface area (Å²) in [5, 5.41) is 4.82. The molecule has 0 bridgehead atoms. The summed E-state index contributed by atoms with van der Waals surface area (Å²) in [6.45, 7) is 26.8. The molecule has 0 saturated heterocycles. The van der Waals surface area contributed by atoms with Crippen molar-refractivity contribution in [1.82, 2.24) is 9.55 Å². The maximum absolute atomic E-state index is 9.50. The summed E-state index contributed by atoms with van der Waals surface area (Å²) in [5.41, 5.74) is 14.5. The van der Waals surface area contributed by atoms with Crippen LogP contribution in [0.3, 0.4) is 0 Å². The third-order valence-corrected chi connectivity index (χ3v) is 16.7. The van der Waals surface area contributed by atoms with Crippen LogP contribution in [0.15, 0.2) is 170 Å². The number of aromatic nitrogens is 2. The molecule has 0 radical (unpaired) electrons. The van der Waals surface area contributed by atoms with Crippen molar-refractivity contribution in [1.29, 1.82) is 0 Å². The highest BCUT2D eigenvalue weighted by Crippen LogP contribution is 2.54. The first-order valence-corrected chi connectivity index (χ1v) is 26.9. The van der Waals surface area contributed by atoms with Gasteiger partial charge in [0.1, 0.15) is 24.0 Å². The van der Waals surface area contributed by atoms with Gasteiger partial charge in [0.15, 0.2) is 0 Å². The number of rotatable bonds is 7. The van der Waals surface area contributed by atoms with Crippen LogP contribution in [0.4, 0.5) is 22.7 Å². The van der Waals surface area contributed by atoms with Gasteiger partial charge in [-0.3, -0.25) is 4.57 Å². The Balaban J connectivity index is 1.02. The quantitative estimate of drug-likeness (QED) is 0.159. The molecule has 0 amide bonds. The van der Waals surface area contributed by atoms with Crippen molar-refractivity contribution in [2.24, 2.45) is 0 Å². The Morgan fingerprint density at radius 1 is 0.533 bits per heavy atom. The molecule has 0 saturated carbocycles. The minimum absolute atomic E-state index is 0.0808. The number of thiophene rings is 1. The molecular formula is C69H66N4OS. The SMILES string of the molecule is [2H]c1c([2H])c([2H])c(-c2c(C)c(C)c(C)c(-c3cc(C(C)(C)C)cc(C(C)(C)C)c3)c2N2CN(c3cccc(Oc4ccc5c6c7sc8ccccc8c7ccc6n(-c6cc(C(C)(C)C)ccn6)c5c4)c3)c3ccccc32)c([2H])c1[2H]. The summed E-state index contributed by atoms with van der Waals surface area (Å²) in [4.78, 5) is 9.58. The number of nitrogens with zero attached hydrogens (tertiary/aromatic N) is 4. The molecule has 0 N–H and O–H groups in total. The van der Waals surface area contributed by atoms with E-state index in [2.05, 4.69) is 200 Å². The van der Waals surface area contributed by atoms with Crippen molar-refractivity contribution in [3.8, 4) is 39.6 Å². The minimum Gasteiger partial charge on any atom is -0.457 e. The molecule has 0 aliphatic carbocycles. The van der Waals surface area contributed by atoms with Crippen LogP contribution in [0.5, 0.6) is 11.5 Å². The Labute approximate surface area is 453 Å². The fraction of sp³-hybridized carbons (Fsp3) is 0.232. The standard InChI is InChI=1S/C69H66N4OS/c1-42-43(2)62(45-21-14-13-15-22-45)65(63(44(42)3)46-35-48(68(7,8)9)37-49(36-46)69(10,11)12)72-41-71(56-26-17-18-27-57(56)72)50-23-20-24-51(39-50)74-52-29-30-55-59(40-52)73(61-38-47(33-34-70-61)67(4,5)6)58-32-31-54-53-25-16-19-28-60(53)75-66(54)64(55)58/h13-40H,41H2,1-12H3/i13D,14D,15D,21D,22D. The van der Waals surface area contributed by atoms with E-state index in [1.165, 1.54) is 42.2 Å². The average Bonchev–Trinajstić information content (AvgIpc) is 4.28. The topological polar surface area (TPSA) is 33.5 Å². The zero-order chi connectivity index (χ0) is 56.6. The number of fused-ring (bicyclic) bond motifs is 8. The first kappa shape index (κ1) is 42.7. The van der Waals surface area contributed by atoms with Gasteiger partial charge in [-0.05, 0) is 142 Å². The van der Waals surface area contributed by atoms with Gasteiger partial charge in [0.05, 0.1) is 34.9 Å². The molecular weight excluding hydrogens is 933 g/mol. The van der Waals surface area contributed by atoms with Crippen molar-refractivity contribution in [2.45, 2.75) is 99.3 Å². The summed E-state index contributed by atoms with van der Waals surface area (Å²) in [6.07, 6.45) is 1.92. The summed E-state index contributed by atoms with van der Waals surface area (Å²) in [7, 11) is 0. The van der Waals surface area contributed by atoms with Crippen LogP contribution in [-0.2, 0) is 16.2 Å². The Morgan fingerprint density at radius 3 is 1.88 bits per heavy atom. The van der Waals surface area contributed by atoms with Gasteiger partial charge in [-0.1, -0.05) is 153 Å². The Kier molecular flexibility index (Phi) is 10.1. The van der Waals surface area contributed by atoms with E-state index in [-0.39, 0.29) is 46.0 Å². The molecule has 374 valence electrons. The maximum Gasteiger partial charge on any atom is 0.137 e. The highest BCUT2D eigenvalue weighted by Gasteiger charge is 2.34. The van der Waals surface area contributed by atoms with E-state index in [0.29, 0.717) is 23.7 Å². The molecule has 8 aromatic carbocycles. The van der Waals surface area contributed by atoms with Crippen LogP contribution in [0, 0.1) is 20.8 Å². The van der Waals surface area contributed by atoms with Crippen LogP contribution in [-0.4, -0.2) is 16.2 Å². The van der Waals surface area contributed by atoms with Gasteiger partial charge in [0, 0.05) is 66.1 Å². The molecule has 1 aliphatic heterocycles. The van der Waals surface area contributed by atoms with Crippen molar-refractivity contribution in [3.05, 3.63) is 203 Å². The molecule has 0 spiro atoms. The lowest BCUT2D eigenvalue weighted by Gasteiger charge is -2.32. The maximum atomic E-state index is 9.50. The third kappa shape index (κ3) is 8.26. The van der Waals surface area contributed by atoms with Gasteiger partial charge in [0.25, 0.3) is 0 Å². The molecule has 5 nitrogen and oxygen atoms in total. The van der Waals surface area contributed by atoms with Crippen LogP contribution in [0.25, 0.3) is 70.0 Å². The van der Waals surface area contributed by atoms with Crippen molar-refractivity contribution in [2.75, 3.05) is 16.5 Å². The van der Waals surface area contributed by atoms with Gasteiger partial charge in [0.2, 0.25) is 0 Å². The molecule has 3 aromatic heterocycles. The van der Waals surface area contributed by atoms with Crippen LogP contribution in [0.2, 0.25) is 0 Å². The third-order valence-electron chi connectivity index (χ3n) is 15.5. The normalized spacial score (nSPS) is 14.2. The first-order chi connectivity index (χ1) is 37.9. The minimum atomic E-state index is -0.418. The van der Waals surface area contributed by atoms with Gasteiger partial charge in [-0.2, -0.15) is 0 Å². The van der Waals surface area contributed by atoms with Crippen molar-refractivity contribution in [3.63, 3.8) is 0 Å². The summed E-state index contributed by atoms with van der Waals surface area (Å²) < 4.78 is 57.3. The molecule has 6 heteroatoms. The molecule has 12 rings (SSSR count). The monoisotopic (exact) mass is 1000 g/mol. The number of benzene rings is 8. The van der Waals surface area contributed by atoms with E-state index in [9.17, 15) is 2.74 Å². The second-order valence-corrected chi connectivity index (χ2v) is 24.5. The van der Waals surface area contributed by atoms with Gasteiger partial charge < -0.3 is 14.5 Å². The Bertz CT molecular complexity index is 4320. The van der Waals surface area contributed by atoms with E-state index >= 15 is 0 Å². The number of hydrogen-bond donors (Lipinski definition) is 0. The molecule has 75 heavy (non-hydrogen) atoms. The second kappa shape index (κ2) is 17.7. The zero-order valence-electron chi connectivity index (χ0n) is 50.1. The molecule has 4 heterocycles. The number of ether oxygens (including phenoxy) is 1. The van der Waals surface area contributed by atoms with Gasteiger partial charge in [-0.25, -0.2) is 4.98 Å². The van der Waals surface area contributed by atoms with E-state index in [0.717, 1.165) is 72.8 Å². The predicted octanol–water partition coefficient (Wildman–Crippen LogP) is 19.7. The van der Waals surface area contributed by atoms with Crippen LogP contribution in [0.1, 0.15) is 103 Å². The number of hydrogen-bond acceptors (Lipinski definition) is 5. The lowest BCUT2D eigenvalue weighted by Crippen LogP contribution is -2.25. The number of para-hydroxylation sites is 2. The summed E-state index contributed by atoms with van der Waals surface area (Å²) in [5.74, 6) is 2.20. The largest absolute Gasteiger partial charge is 0.457 e. The lowest BCUT2D eigenvalue weighted by molar-refractivity contribution is 0.483. The summed E-state index contributed by atoms with van der Waals surface area (Å²) in [6, 6.07) is 45.7. The smallest absolute Gasteiger partial charge is 0.137 e. The molecule has 0 fully saturated rings. The molecule has 1 aliphatic rings. The average molecular weight is 1000 g/mol. The fourth-order valence-corrected chi connectivity index (χ4v) is 12.4. The summed E-state index contributed by atoms with van der Waals surface area (Å²) >= 11 is 1.83. The zero-order valence-corrected chi connectivity index (χ0v) is 45.9. The van der Waals surface area contributed by atoms with Crippen LogP contribution >= 0.6 is 11.3 Å². The van der Waals surface area contributed by atoms with E-state index < -0.39 is 6.04 Å². The first-order valence-electron chi connectivity index (χ1n) is 28.6. The van der Waals surface area contributed by atoms with Gasteiger partial charge in [-0.15, -0.1) is 11.3 Å². The van der Waals surface area contributed by atoms with E-state index in [4.69, 9.17) is 13.8 Å². The number of anilines is 4. The second-order valence-electron chi connectivity index (χ2n) is 23.5. The molecule has 0 atom stereocenters. The highest BCUT2D eigenvalue weighted by molar-refractivity contribution is 7.26. The van der Waals surface area contributed by atoms with Crippen LogP contribution < -0.4 is 14.5 Å².